The van der Waals surface area contributed by atoms with Gasteiger partial charge in [-0.2, -0.15) is 0 Å². The van der Waals surface area contributed by atoms with Crippen molar-refractivity contribution in [2.45, 2.75) is 0 Å². The van der Waals surface area contributed by atoms with E-state index in [2.05, 4.69) is 204 Å². The average Bonchev–Trinajstić information content (AvgIpc) is 3.86. The van der Waals surface area contributed by atoms with Gasteiger partial charge in [0.15, 0.2) is 0 Å². The maximum Gasteiger partial charge on any atom is 0.135 e. The molecule has 0 spiro atoms. The zero-order valence-corrected chi connectivity index (χ0v) is 31.5. The summed E-state index contributed by atoms with van der Waals surface area (Å²) in [5, 5.41) is 4.45. The monoisotopic (exact) mass is 744 g/mol. The molecule has 4 nitrogen and oxygen atoms in total. The van der Waals surface area contributed by atoms with Gasteiger partial charge >= 0.3 is 0 Å². The van der Waals surface area contributed by atoms with Crippen LogP contribution >= 0.6 is 0 Å². The van der Waals surface area contributed by atoms with Crippen molar-refractivity contribution in [2.24, 2.45) is 0 Å². The molecule has 11 rings (SSSR count). The van der Waals surface area contributed by atoms with Crippen LogP contribution in [-0.4, -0.2) is 0 Å². The molecule has 0 atom stereocenters. The van der Waals surface area contributed by atoms with Crippen LogP contribution in [0.15, 0.2) is 227 Å². The average molecular weight is 745 g/mol. The van der Waals surface area contributed by atoms with E-state index in [4.69, 9.17) is 8.83 Å². The molecule has 11 aromatic rings. The zero-order valence-electron chi connectivity index (χ0n) is 31.5. The van der Waals surface area contributed by atoms with Gasteiger partial charge in [-0.1, -0.05) is 121 Å². The second kappa shape index (κ2) is 14.0. The number of para-hydroxylation sites is 4. The third-order valence-corrected chi connectivity index (χ3v) is 11.1. The molecule has 0 aliphatic heterocycles. The van der Waals surface area contributed by atoms with Crippen molar-refractivity contribution in [1.29, 1.82) is 0 Å². The molecular formula is C54H36N2O2. The molecule has 4 heteroatoms. The molecule has 274 valence electrons. The Balaban J connectivity index is 0.876. The Kier molecular flexibility index (Phi) is 8.11. The normalized spacial score (nSPS) is 11.4. The highest BCUT2D eigenvalue weighted by Crippen LogP contribution is 2.41. The van der Waals surface area contributed by atoms with Crippen molar-refractivity contribution >= 4 is 78.0 Å². The lowest BCUT2D eigenvalue weighted by Crippen LogP contribution is -2.09. The molecule has 0 radical (unpaired) electrons. The van der Waals surface area contributed by atoms with E-state index in [1.807, 2.05) is 24.3 Å². The van der Waals surface area contributed by atoms with Crippen molar-refractivity contribution in [3.05, 3.63) is 218 Å². The van der Waals surface area contributed by atoms with Crippen LogP contribution in [0.5, 0.6) is 0 Å². The summed E-state index contributed by atoms with van der Waals surface area (Å²) in [4.78, 5) is 4.60. The Bertz CT molecular complexity index is 2980. The predicted octanol–water partition coefficient (Wildman–Crippen LogP) is 15.8. The van der Waals surface area contributed by atoms with Gasteiger partial charge in [0, 0.05) is 55.7 Å². The maximum atomic E-state index is 6.14. The number of furan rings is 2. The fourth-order valence-electron chi connectivity index (χ4n) is 8.22. The Morgan fingerprint density at radius 1 is 0.224 bits per heavy atom. The first-order valence-electron chi connectivity index (χ1n) is 19.6. The van der Waals surface area contributed by atoms with Crippen molar-refractivity contribution in [1.82, 2.24) is 0 Å². The standard InChI is InChI=1S/C54H36N2O2/c1-3-11-41(12-4-1)55(45-31-33-53-49(35-45)47-15-7-9-17-51(47)57-53)43-27-23-39(24-28-43)37-19-21-38(22-20-37)40-25-29-44(30-26-40)56(42-13-5-2-6-14-42)46-32-34-54-50(36-46)48-16-8-10-18-52(48)58-54/h1-36H. The van der Waals surface area contributed by atoms with Gasteiger partial charge in [0.25, 0.3) is 0 Å². The second-order valence-corrected chi connectivity index (χ2v) is 14.6. The largest absolute Gasteiger partial charge is 0.456 e. The molecule has 2 aromatic heterocycles. The predicted molar refractivity (Wildman–Crippen MR) is 241 cm³/mol. The van der Waals surface area contributed by atoms with Gasteiger partial charge in [-0.15, -0.1) is 0 Å². The van der Waals surface area contributed by atoms with Crippen molar-refractivity contribution < 1.29 is 8.83 Å². The Morgan fingerprint density at radius 2 is 0.517 bits per heavy atom. The summed E-state index contributed by atoms with van der Waals surface area (Å²) in [6.45, 7) is 0. The molecule has 58 heavy (non-hydrogen) atoms. The fourth-order valence-corrected chi connectivity index (χ4v) is 8.22. The SMILES string of the molecule is c1ccc(N(c2ccc(-c3ccc(-c4ccc(N(c5ccccc5)c5ccc6oc7ccccc7c6c5)cc4)cc3)cc2)c2ccc3oc4ccccc4c3c2)cc1. The van der Waals surface area contributed by atoms with Crippen LogP contribution in [-0.2, 0) is 0 Å². The van der Waals surface area contributed by atoms with E-state index in [9.17, 15) is 0 Å². The molecule has 0 fully saturated rings. The molecule has 0 saturated heterocycles. The fraction of sp³-hybridized carbons (Fsp3) is 0. The van der Waals surface area contributed by atoms with Crippen molar-refractivity contribution in [3.63, 3.8) is 0 Å². The Morgan fingerprint density at radius 3 is 0.914 bits per heavy atom. The van der Waals surface area contributed by atoms with Gasteiger partial charge in [0.05, 0.1) is 0 Å². The number of hydrogen-bond donors (Lipinski definition) is 0. The van der Waals surface area contributed by atoms with Crippen molar-refractivity contribution in [3.8, 4) is 22.3 Å². The summed E-state index contributed by atoms with van der Waals surface area (Å²) >= 11 is 0. The number of benzene rings is 9. The lowest BCUT2D eigenvalue weighted by Gasteiger charge is -2.26. The quantitative estimate of drug-likeness (QED) is 0.155. The molecule has 0 saturated carbocycles. The molecule has 2 heterocycles. The van der Waals surface area contributed by atoms with Crippen molar-refractivity contribution in [2.75, 3.05) is 9.80 Å². The van der Waals surface area contributed by atoms with Gasteiger partial charge in [-0.25, -0.2) is 0 Å². The van der Waals surface area contributed by atoms with E-state index in [1.165, 1.54) is 11.1 Å². The molecule has 0 N–H and O–H groups in total. The summed E-state index contributed by atoms with van der Waals surface area (Å²) < 4.78 is 12.3. The van der Waals surface area contributed by atoms with Gasteiger partial charge in [0.2, 0.25) is 0 Å². The van der Waals surface area contributed by atoms with Gasteiger partial charge in [-0.05, 0) is 119 Å². The summed E-state index contributed by atoms with van der Waals surface area (Å²) in [6.07, 6.45) is 0. The minimum Gasteiger partial charge on any atom is -0.456 e. The van der Waals surface area contributed by atoms with E-state index in [0.717, 1.165) is 89.1 Å². The molecule has 0 unspecified atom stereocenters. The zero-order chi connectivity index (χ0) is 38.4. The summed E-state index contributed by atoms with van der Waals surface area (Å²) in [5.74, 6) is 0. The Labute approximate surface area is 336 Å². The van der Waals surface area contributed by atoms with E-state index in [-0.39, 0.29) is 0 Å². The van der Waals surface area contributed by atoms with E-state index < -0.39 is 0 Å². The van der Waals surface area contributed by atoms with Crippen LogP contribution in [0.25, 0.3) is 66.1 Å². The summed E-state index contributed by atoms with van der Waals surface area (Å²) in [6, 6.07) is 76.9. The number of anilines is 6. The van der Waals surface area contributed by atoms with E-state index >= 15 is 0 Å². The van der Waals surface area contributed by atoms with Crippen LogP contribution in [0.1, 0.15) is 0 Å². The summed E-state index contributed by atoms with van der Waals surface area (Å²) in [7, 11) is 0. The molecular weight excluding hydrogens is 709 g/mol. The van der Waals surface area contributed by atoms with Gasteiger partial charge < -0.3 is 18.6 Å². The number of rotatable bonds is 8. The Hall–Kier alpha value is -7.82. The minimum absolute atomic E-state index is 0.888. The number of hydrogen-bond acceptors (Lipinski definition) is 4. The van der Waals surface area contributed by atoms with Crippen LogP contribution in [0.4, 0.5) is 34.1 Å². The molecule has 0 bridgehead atoms. The molecule has 0 aliphatic rings. The highest BCUT2D eigenvalue weighted by Gasteiger charge is 2.17. The highest BCUT2D eigenvalue weighted by molar-refractivity contribution is 6.07. The minimum atomic E-state index is 0.888. The topological polar surface area (TPSA) is 32.8 Å². The third kappa shape index (κ3) is 5.96. The summed E-state index contributed by atoms with van der Waals surface area (Å²) in [5.41, 5.74) is 14.8. The van der Waals surface area contributed by atoms with Crippen LogP contribution < -0.4 is 9.80 Å². The number of nitrogens with zero attached hydrogens (tertiary/aromatic N) is 2. The lowest BCUT2D eigenvalue weighted by atomic mass is 9.99. The van der Waals surface area contributed by atoms with Crippen LogP contribution in [0.3, 0.4) is 0 Å². The smallest absolute Gasteiger partial charge is 0.135 e. The van der Waals surface area contributed by atoms with E-state index in [0.29, 0.717) is 0 Å². The molecule has 0 aliphatic carbocycles. The first-order valence-corrected chi connectivity index (χ1v) is 19.6. The third-order valence-electron chi connectivity index (χ3n) is 11.1. The molecule has 9 aromatic carbocycles. The maximum absolute atomic E-state index is 6.14. The van der Waals surface area contributed by atoms with Crippen LogP contribution in [0.2, 0.25) is 0 Å². The van der Waals surface area contributed by atoms with Crippen LogP contribution in [0, 0.1) is 0 Å². The van der Waals surface area contributed by atoms with Gasteiger partial charge in [0.1, 0.15) is 22.3 Å². The van der Waals surface area contributed by atoms with Gasteiger partial charge in [-0.3, -0.25) is 0 Å². The lowest BCUT2D eigenvalue weighted by molar-refractivity contribution is 0.668. The highest BCUT2D eigenvalue weighted by atomic mass is 16.3. The second-order valence-electron chi connectivity index (χ2n) is 14.6. The first-order chi connectivity index (χ1) is 28.7. The van der Waals surface area contributed by atoms with E-state index in [1.54, 1.807) is 0 Å². The first kappa shape index (κ1) is 33.5. The number of fused-ring (bicyclic) bond motifs is 6. The molecule has 0 amide bonds.